The van der Waals surface area contributed by atoms with Crippen molar-refractivity contribution in [2.75, 3.05) is 13.1 Å². The molecule has 1 saturated heterocycles. The number of carbonyl (C=O) groups is 1. The summed E-state index contributed by atoms with van der Waals surface area (Å²) in [5.74, 6) is 0.548. The highest BCUT2D eigenvalue weighted by molar-refractivity contribution is 6.06. The average molecular weight is 271 g/mol. The lowest BCUT2D eigenvalue weighted by Crippen LogP contribution is -2.44. The van der Waals surface area contributed by atoms with Gasteiger partial charge in [0.15, 0.2) is 0 Å². The van der Waals surface area contributed by atoms with Crippen molar-refractivity contribution < 1.29 is 4.79 Å². The van der Waals surface area contributed by atoms with Crippen LogP contribution in [0.1, 0.15) is 30.1 Å². The topological polar surface area (TPSA) is 56.9 Å². The Labute approximate surface area is 118 Å². The summed E-state index contributed by atoms with van der Waals surface area (Å²) in [6, 6.07) is 7.94. The molecular formula is C16H21N3O. The number of H-pyrrole nitrogens is 1. The first kappa shape index (κ1) is 13.2. The van der Waals surface area contributed by atoms with Gasteiger partial charge in [0, 0.05) is 28.7 Å². The number of hydrogen-bond acceptors (Lipinski definition) is 2. The van der Waals surface area contributed by atoms with E-state index in [0.29, 0.717) is 5.92 Å². The number of piperidine rings is 1. The van der Waals surface area contributed by atoms with Crippen molar-refractivity contribution in [1.82, 2.24) is 15.6 Å². The lowest BCUT2D eigenvalue weighted by molar-refractivity contribution is 0.0923. The molecule has 4 nitrogen and oxygen atoms in total. The van der Waals surface area contributed by atoms with Crippen LogP contribution >= 0.6 is 0 Å². The minimum atomic E-state index is 0.0215. The van der Waals surface area contributed by atoms with Gasteiger partial charge in [0.2, 0.25) is 0 Å². The van der Waals surface area contributed by atoms with E-state index in [-0.39, 0.29) is 11.9 Å². The smallest absolute Gasteiger partial charge is 0.252 e. The first-order valence-electron chi connectivity index (χ1n) is 7.33. The molecule has 3 N–H and O–H groups in total. The van der Waals surface area contributed by atoms with E-state index in [9.17, 15) is 4.79 Å². The molecular weight excluding hydrogens is 250 g/mol. The molecule has 1 aromatic carbocycles. The zero-order chi connectivity index (χ0) is 13.9. The van der Waals surface area contributed by atoms with Crippen molar-refractivity contribution >= 4 is 16.8 Å². The number of benzene rings is 1. The highest BCUT2D eigenvalue weighted by atomic mass is 16.1. The molecule has 3 rings (SSSR count). The van der Waals surface area contributed by atoms with Crippen LogP contribution in [-0.4, -0.2) is 30.0 Å². The molecule has 106 valence electrons. The van der Waals surface area contributed by atoms with E-state index >= 15 is 0 Å². The Hall–Kier alpha value is -1.81. The Morgan fingerprint density at radius 2 is 2.30 bits per heavy atom. The van der Waals surface area contributed by atoms with E-state index < -0.39 is 0 Å². The summed E-state index contributed by atoms with van der Waals surface area (Å²) in [7, 11) is 0. The molecule has 2 atom stereocenters. The molecule has 1 amide bonds. The minimum absolute atomic E-state index is 0.0215. The predicted octanol–water partition coefficient (Wildman–Crippen LogP) is 2.29. The van der Waals surface area contributed by atoms with E-state index in [4.69, 9.17) is 0 Å². The maximum Gasteiger partial charge on any atom is 0.252 e. The summed E-state index contributed by atoms with van der Waals surface area (Å²) in [5, 5.41) is 7.54. The van der Waals surface area contributed by atoms with Crippen LogP contribution in [0.25, 0.3) is 10.9 Å². The van der Waals surface area contributed by atoms with Crippen LogP contribution in [0.4, 0.5) is 0 Å². The third-order valence-electron chi connectivity index (χ3n) is 4.24. The summed E-state index contributed by atoms with van der Waals surface area (Å²) < 4.78 is 0. The van der Waals surface area contributed by atoms with E-state index in [2.05, 4.69) is 22.5 Å². The predicted molar refractivity (Wildman–Crippen MR) is 80.8 cm³/mol. The van der Waals surface area contributed by atoms with Crippen LogP contribution < -0.4 is 10.6 Å². The normalized spacial score (nSPS) is 20.8. The Bertz CT molecular complexity index is 599. The number of carbonyl (C=O) groups excluding carboxylic acids is 1. The fraction of sp³-hybridized carbons (Fsp3) is 0.438. The SMILES string of the molecule is CC(NC(=O)c1cccc2[nH]ccc12)C1CCCNC1. The van der Waals surface area contributed by atoms with E-state index in [1.807, 2.05) is 30.5 Å². The van der Waals surface area contributed by atoms with Crippen molar-refractivity contribution in [3.05, 3.63) is 36.0 Å². The van der Waals surface area contributed by atoms with Gasteiger partial charge in [-0.25, -0.2) is 0 Å². The quantitative estimate of drug-likeness (QED) is 0.802. The second-order valence-electron chi connectivity index (χ2n) is 5.61. The number of fused-ring (bicyclic) bond motifs is 1. The van der Waals surface area contributed by atoms with Crippen molar-refractivity contribution in [3.63, 3.8) is 0 Å². The molecule has 1 aromatic heterocycles. The van der Waals surface area contributed by atoms with Gasteiger partial charge >= 0.3 is 0 Å². The van der Waals surface area contributed by atoms with Gasteiger partial charge in [-0.3, -0.25) is 4.79 Å². The Balaban J connectivity index is 1.74. The molecule has 4 heteroatoms. The first-order valence-corrected chi connectivity index (χ1v) is 7.33. The van der Waals surface area contributed by atoms with E-state index in [0.717, 1.165) is 29.6 Å². The molecule has 0 bridgehead atoms. The highest BCUT2D eigenvalue weighted by Gasteiger charge is 2.22. The van der Waals surface area contributed by atoms with Crippen LogP contribution in [0.5, 0.6) is 0 Å². The van der Waals surface area contributed by atoms with E-state index in [1.54, 1.807) is 0 Å². The average Bonchev–Trinajstić information content (AvgIpc) is 2.96. The Morgan fingerprint density at radius 1 is 1.40 bits per heavy atom. The molecule has 2 unspecified atom stereocenters. The molecule has 0 aliphatic carbocycles. The van der Waals surface area contributed by atoms with Crippen LogP contribution in [-0.2, 0) is 0 Å². The molecule has 1 aliphatic heterocycles. The standard InChI is InChI=1S/C16H21N3O/c1-11(12-4-3-8-17-10-12)19-16(20)14-5-2-6-15-13(14)7-9-18-15/h2,5-7,9,11-12,17-18H,3-4,8,10H2,1H3,(H,19,20). The maximum atomic E-state index is 12.5. The Morgan fingerprint density at radius 3 is 3.10 bits per heavy atom. The van der Waals surface area contributed by atoms with Gasteiger partial charge in [0.1, 0.15) is 0 Å². The largest absolute Gasteiger partial charge is 0.361 e. The summed E-state index contributed by atoms with van der Waals surface area (Å²) >= 11 is 0. The monoisotopic (exact) mass is 271 g/mol. The number of aromatic nitrogens is 1. The van der Waals surface area contributed by atoms with Gasteiger partial charge in [-0.15, -0.1) is 0 Å². The fourth-order valence-electron chi connectivity index (χ4n) is 2.99. The van der Waals surface area contributed by atoms with Crippen LogP contribution in [0.15, 0.2) is 30.5 Å². The van der Waals surface area contributed by atoms with Crippen molar-refractivity contribution in [3.8, 4) is 0 Å². The number of amides is 1. The van der Waals surface area contributed by atoms with Gasteiger partial charge in [0.25, 0.3) is 5.91 Å². The fourth-order valence-corrected chi connectivity index (χ4v) is 2.99. The molecule has 0 radical (unpaired) electrons. The van der Waals surface area contributed by atoms with Crippen LogP contribution in [0.2, 0.25) is 0 Å². The second-order valence-corrected chi connectivity index (χ2v) is 5.61. The molecule has 2 heterocycles. The summed E-state index contributed by atoms with van der Waals surface area (Å²) in [6.07, 6.45) is 4.25. The van der Waals surface area contributed by atoms with Gasteiger partial charge < -0.3 is 15.6 Å². The van der Waals surface area contributed by atoms with Crippen molar-refractivity contribution in [2.24, 2.45) is 5.92 Å². The maximum absolute atomic E-state index is 12.5. The summed E-state index contributed by atoms with van der Waals surface area (Å²) in [4.78, 5) is 15.6. The summed E-state index contributed by atoms with van der Waals surface area (Å²) in [5.41, 5.74) is 1.75. The third-order valence-corrected chi connectivity index (χ3v) is 4.24. The number of nitrogens with one attached hydrogen (secondary N) is 3. The highest BCUT2D eigenvalue weighted by Crippen LogP contribution is 2.19. The lowest BCUT2D eigenvalue weighted by Gasteiger charge is -2.29. The number of aromatic amines is 1. The molecule has 1 fully saturated rings. The minimum Gasteiger partial charge on any atom is -0.361 e. The third kappa shape index (κ3) is 2.56. The zero-order valence-corrected chi connectivity index (χ0v) is 11.8. The zero-order valence-electron chi connectivity index (χ0n) is 11.8. The number of rotatable bonds is 3. The number of hydrogen-bond donors (Lipinski definition) is 3. The van der Waals surface area contributed by atoms with Crippen LogP contribution in [0.3, 0.4) is 0 Å². The molecule has 2 aromatic rings. The molecule has 1 aliphatic rings. The molecule has 0 spiro atoms. The van der Waals surface area contributed by atoms with Gasteiger partial charge in [-0.2, -0.15) is 0 Å². The molecule has 20 heavy (non-hydrogen) atoms. The second kappa shape index (κ2) is 5.67. The first-order chi connectivity index (χ1) is 9.75. The van der Waals surface area contributed by atoms with Gasteiger partial charge in [-0.1, -0.05) is 6.07 Å². The van der Waals surface area contributed by atoms with Crippen molar-refractivity contribution in [1.29, 1.82) is 0 Å². The lowest BCUT2D eigenvalue weighted by atomic mass is 9.92. The van der Waals surface area contributed by atoms with Gasteiger partial charge in [0.05, 0.1) is 0 Å². The van der Waals surface area contributed by atoms with Crippen molar-refractivity contribution in [2.45, 2.75) is 25.8 Å². The van der Waals surface area contributed by atoms with Gasteiger partial charge in [-0.05, 0) is 57.0 Å². The van der Waals surface area contributed by atoms with Crippen LogP contribution in [0, 0.1) is 5.92 Å². The molecule has 0 saturated carbocycles. The summed E-state index contributed by atoms with van der Waals surface area (Å²) in [6.45, 7) is 4.20. The van der Waals surface area contributed by atoms with E-state index in [1.165, 1.54) is 12.8 Å². The Kier molecular flexibility index (Phi) is 3.74.